The number of rotatable bonds is 5. The van der Waals surface area contributed by atoms with Crippen molar-refractivity contribution in [1.82, 2.24) is 14.8 Å². The summed E-state index contributed by atoms with van der Waals surface area (Å²) in [4.78, 5) is 36.4. The normalized spacial score (nSPS) is 16.4. The summed E-state index contributed by atoms with van der Waals surface area (Å²) in [6.07, 6.45) is -9.38. The van der Waals surface area contributed by atoms with Gasteiger partial charge in [0.25, 0.3) is 0 Å². The van der Waals surface area contributed by atoms with Crippen LogP contribution < -0.4 is 4.74 Å². The van der Waals surface area contributed by atoms with Gasteiger partial charge in [0.2, 0.25) is 0 Å². The number of nitrogens with zero attached hydrogens (tertiary/aromatic N) is 3. The van der Waals surface area contributed by atoms with E-state index in [2.05, 4.69) is 45.1 Å². The smallest absolute Gasteiger partial charge is 0.490 e. The molecule has 3 N–H and O–H groups in total. The molecule has 264 valence electrons. The lowest BCUT2D eigenvalue weighted by molar-refractivity contribution is -0.193. The zero-order valence-electron chi connectivity index (χ0n) is 24.7. The average molecular weight is 694 g/mol. The van der Waals surface area contributed by atoms with Crippen molar-refractivity contribution < 1.29 is 74.0 Å². The molecule has 1 spiro atoms. The van der Waals surface area contributed by atoms with Gasteiger partial charge in [0.05, 0.1) is 12.8 Å². The minimum absolute atomic E-state index is 0.527. The lowest BCUT2D eigenvalue weighted by Gasteiger charge is -2.39. The number of benzene rings is 1. The van der Waals surface area contributed by atoms with Crippen LogP contribution in [0.4, 0.5) is 39.5 Å². The van der Waals surface area contributed by atoms with Crippen molar-refractivity contribution in [3.63, 3.8) is 0 Å². The van der Waals surface area contributed by atoms with Crippen LogP contribution in [0.25, 0.3) is 0 Å². The number of carboxylic acid groups (broad SMARTS) is 3. The van der Waals surface area contributed by atoms with Crippen LogP contribution in [0, 0.1) is 5.41 Å². The van der Waals surface area contributed by atoms with E-state index in [0.29, 0.717) is 5.41 Å². The van der Waals surface area contributed by atoms with Gasteiger partial charge in [0.1, 0.15) is 5.75 Å². The molecule has 0 bridgehead atoms. The lowest BCUT2D eigenvalue weighted by Crippen LogP contribution is -2.41. The molecule has 2 saturated heterocycles. The molecule has 1 aromatic heterocycles. The summed E-state index contributed by atoms with van der Waals surface area (Å²) in [5.41, 5.74) is 3.07. The Hall–Kier alpha value is -4.13. The van der Waals surface area contributed by atoms with Crippen LogP contribution in [0.5, 0.6) is 5.75 Å². The van der Waals surface area contributed by atoms with Gasteiger partial charge in [-0.1, -0.05) is 18.2 Å². The first-order chi connectivity index (χ1) is 21.6. The van der Waals surface area contributed by atoms with Crippen LogP contribution in [0.15, 0.2) is 48.7 Å². The van der Waals surface area contributed by atoms with E-state index in [0.717, 1.165) is 18.8 Å². The van der Waals surface area contributed by atoms with E-state index >= 15 is 0 Å². The van der Waals surface area contributed by atoms with Gasteiger partial charge < -0.3 is 20.1 Å². The van der Waals surface area contributed by atoms with E-state index in [1.165, 1.54) is 56.7 Å². The number of halogens is 9. The molecule has 2 aliphatic heterocycles. The quantitative estimate of drug-likeness (QED) is 0.345. The van der Waals surface area contributed by atoms with Gasteiger partial charge in [-0.2, -0.15) is 39.5 Å². The fraction of sp³-hybridized carbons (Fsp3) is 0.500. The maximum absolute atomic E-state index is 10.6. The highest BCUT2D eigenvalue weighted by atomic mass is 19.4. The summed E-state index contributed by atoms with van der Waals surface area (Å²) >= 11 is 0. The highest BCUT2D eigenvalue weighted by Crippen LogP contribution is 2.41. The Morgan fingerprint density at radius 1 is 0.745 bits per heavy atom. The molecule has 0 aliphatic carbocycles. The van der Waals surface area contributed by atoms with Crippen LogP contribution in [-0.4, -0.2) is 99.8 Å². The molecule has 2 aromatic rings. The number of methoxy groups -OCH3 is 1. The Morgan fingerprint density at radius 2 is 1.21 bits per heavy atom. The van der Waals surface area contributed by atoms with E-state index in [1.807, 2.05) is 18.3 Å². The summed E-state index contributed by atoms with van der Waals surface area (Å²) in [6, 6.07) is 14.7. The maximum atomic E-state index is 10.6. The zero-order valence-corrected chi connectivity index (χ0v) is 24.7. The molecule has 2 aliphatic rings. The van der Waals surface area contributed by atoms with Gasteiger partial charge in [0, 0.05) is 25.8 Å². The molecule has 3 heterocycles. The standard InChI is InChI=1S/C22H29N3O.3C2HF3O2/c1-26-21-7-4-5-19(15-21)16-24-12-8-22(9-13-24)10-14-25(18-22)17-20-6-2-3-11-23-20;3*3-2(4,5)1(6)7/h2-7,11,15H,8-10,12-14,16-18H2,1H3;3*(H,6,7). The van der Waals surface area contributed by atoms with E-state index < -0.39 is 36.4 Å². The number of carboxylic acids is 3. The third-order valence-electron chi connectivity index (χ3n) is 6.81. The number of aromatic nitrogens is 1. The zero-order chi connectivity index (χ0) is 36.1. The minimum atomic E-state index is -5.08. The summed E-state index contributed by atoms with van der Waals surface area (Å²) in [6.45, 7) is 6.88. The first-order valence-corrected chi connectivity index (χ1v) is 13.5. The summed E-state index contributed by atoms with van der Waals surface area (Å²) in [7, 11) is 1.74. The summed E-state index contributed by atoms with van der Waals surface area (Å²) in [5, 5.41) is 21.4. The van der Waals surface area contributed by atoms with Crippen molar-refractivity contribution in [2.75, 3.05) is 33.3 Å². The van der Waals surface area contributed by atoms with E-state index in [4.69, 9.17) is 34.4 Å². The topological polar surface area (TPSA) is 140 Å². The van der Waals surface area contributed by atoms with Gasteiger partial charge >= 0.3 is 36.4 Å². The molecule has 0 radical (unpaired) electrons. The second-order valence-corrected chi connectivity index (χ2v) is 10.3. The van der Waals surface area contributed by atoms with E-state index in [1.54, 1.807) is 7.11 Å². The second kappa shape index (κ2) is 17.7. The monoisotopic (exact) mass is 693 g/mol. The minimum Gasteiger partial charge on any atom is -0.497 e. The SMILES string of the molecule is COc1cccc(CN2CCC3(CC2)CCN(Cc2ccccn2)C3)c1.O=C(O)C(F)(F)F.O=C(O)C(F)(F)F.O=C(O)C(F)(F)F. The van der Waals surface area contributed by atoms with Crippen LogP contribution >= 0.6 is 0 Å². The molecular formula is C28H32F9N3O7. The number of likely N-dealkylation sites (tertiary alicyclic amines) is 2. The Balaban J connectivity index is 0.000000430. The Morgan fingerprint density at radius 3 is 1.62 bits per heavy atom. The highest BCUT2D eigenvalue weighted by molar-refractivity contribution is 5.73. The number of aliphatic carboxylic acids is 3. The first-order valence-electron chi connectivity index (χ1n) is 13.5. The summed E-state index contributed by atoms with van der Waals surface area (Å²) < 4.78 is 101. The molecule has 47 heavy (non-hydrogen) atoms. The maximum Gasteiger partial charge on any atom is 0.490 e. The third-order valence-corrected chi connectivity index (χ3v) is 6.81. The number of piperidine rings is 1. The van der Waals surface area contributed by atoms with E-state index in [-0.39, 0.29) is 0 Å². The van der Waals surface area contributed by atoms with Crippen molar-refractivity contribution in [2.45, 2.75) is 50.9 Å². The molecule has 4 rings (SSSR count). The predicted octanol–water partition coefficient (Wildman–Crippen LogP) is 5.48. The lowest BCUT2D eigenvalue weighted by atomic mass is 9.77. The number of ether oxygens (including phenoxy) is 1. The van der Waals surface area contributed by atoms with Gasteiger partial charge in [-0.25, -0.2) is 14.4 Å². The molecular weight excluding hydrogens is 661 g/mol. The van der Waals surface area contributed by atoms with E-state index in [9.17, 15) is 39.5 Å². The molecule has 0 saturated carbocycles. The predicted molar refractivity (Wildman–Crippen MR) is 145 cm³/mol. The number of hydrogen-bond donors (Lipinski definition) is 3. The number of hydrogen-bond acceptors (Lipinski definition) is 7. The second-order valence-electron chi connectivity index (χ2n) is 10.3. The van der Waals surface area contributed by atoms with Crippen LogP contribution in [0.3, 0.4) is 0 Å². The Bertz CT molecular complexity index is 1230. The van der Waals surface area contributed by atoms with Crippen molar-refractivity contribution in [3.05, 3.63) is 59.9 Å². The van der Waals surface area contributed by atoms with Crippen molar-refractivity contribution in [2.24, 2.45) is 5.41 Å². The van der Waals surface area contributed by atoms with Gasteiger partial charge in [-0.15, -0.1) is 0 Å². The third kappa shape index (κ3) is 15.8. The highest BCUT2D eigenvalue weighted by Gasteiger charge is 2.41. The van der Waals surface area contributed by atoms with Gasteiger partial charge in [-0.3, -0.25) is 14.8 Å². The van der Waals surface area contributed by atoms with Gasteiger partial charge in [-0.05, 0) is 74.1 Å². The van der Waals surface area contributed by atoms with Crippen molar-refractivity contribution in [3.8, 4) is 5.75 Å². The first kappa shape index (κ1) is 40.9. The fourth-order valence-corrected chi connectivity index (χ4v) is 4.51. The molecule has 0 amide bonds. The van der Waals surface area contributed by atoms with Crippen molar-refractivity contribution >= 4 is 17.9 Å². The molecule has 2 fully saturated rings. The average Bonchev–Trinajstić information content (AvgIpc) is 3.36. The Kier molecular flexibility index (Phi) is 15.4. The molecule has 10 nitrogen and oxygen atoms in total. The van der Waals surface area contributed by atoms with Crippen LogP contribution in [0.1, 0.15) is 30.5 Å². The number of alkyl halides is 9. The molecule has 1 aromatic carbocycles. The largest absolute Gasteiger partial charge is 0.497 e. The molecule has 0 unspecified atom stereocenters. The van der Waals surface area contributed by atoms with Crippen LogP contribution in [-0.2, 0) is 27.5 Å². The Labute approximate surface area is 262 Å². The molecule has 19 heteroatoms. The number of pyridine rings is 1. The van der Waals surface area contributed by atoms with Crippen molar-refractivity contribution in [1.29, 1.82) is 0 Å². The summed E-state index contributed by atoms with van der Waals surface area (Å²) in [5.74, 6) is -7.32. The fourth-order valence-electron chi connectivity index (χ4n) is 4.51. The van der Waals surface area contributed by atoms with Gasteiger partial charge in [0.15, 0.2) is 0 Å². The number of carbonyl (C=O) groups is 3. The van der Waals surface area contributed by atoms with Crippen LogP contribution in [0.2, 0.25) is 0 Å². The molecule has 0 atom stereocenters.